The number of nitrogens with one attached hydrogen (secondary N) is 2. The van der Waals surface area contributed by atoms with Crippen LogP contribution in [0, 0.1) is 19.3 Å². The molecule has 32 heavy (non-hydrogen) atoms. The Labute approximate surface area is 188 Å². The highest BCUT2D eigenvalue weighted by molar-refractivity contribution is 7.15. The van der Waals surface area contributed by atoms with Gasteiger partial charge in [-0.15, -0.1) is 10.2 Å². The van der Waals surface area contributed by atoms with E-state index >= 15 is 0 Å². The summed E-state index contributed by atoms with van der Waals surface area (Å²) >= 11 is 1.25. The van der Waals surface area contributed by atoms with Crippen molar-refractivity contribution in [1.82, 2.24) is 24.1 Å². The summed E-state index contributed by atoms with van der Waals surface area (Å²) in [6, 6.07) is 5.15. The lowest BCUT2D eigenvalue weighted by atomic mass is 10.1. The van der Waals surface area contributed by atoms with E-state index in [2.05, 4.69) is 22.4 Å². The number of carbonyl (C=O) groups excluding carboxylic acids is 1. The second-order valence-corrected chi connectivity index (χ2v) is 8.92. The molecule has 0 unspecified atom stereocenters. The number of aromatic nitrogens is 5. The number of aryl methyl sites for hydroxylation is 3. The third kappa shape index (κ3) is 4.05. The molecule has 9 nitrogen and oxygen atoms in total. The Kier molecular flexibility index (Phi) is 6.13. The van der Waals surface area contributed by atoms with E-state index in [4.69, 9.17) is 10.4 Å². The maximum absolute atomic E-state index is 13.3. The predicted molar refractivity (Wildman–Crippen MR) is 124 cm³/mol. The standard InChI is InChI=1S/C22H25N7O2S/c1-4-5-6-7-10-28-17(23)15(20(30)25-22-27-26-14(3)32-22)12-16-19(28)24-18-13(2)9-8-11-29(18)21(16)31/h8-9,11-12,23H,4-7,10H2,1-3H3,(H,25,27,30). The molecule has 4 aromatic rings. The molecule has 1 amide bonds. The molecule has 4 rings (SSSR count). The van der Waals surface area contributed by atoms with Gasteiger partial charge < -0.3 is 4.57 Å². The fraction of sp³-hybridized carbons (Fsp3) is 0.364. The van der Waals surface area contributed by atoms with Crippen molar-refractivity contribution < 1.29 is 4.79 Å². The van der Waals surface area contributed by atoms with Crippen molar-refractivity contribution in [3.05, 3.63) is 56.4 Å². The molecular formula is C22H25N7O2S. The lowest BCUT2D eigenvalue weighted by molar-refractivity contribution is 0.102. The van der Waals surface area contributed by atoms with Gasteiger partial charge >= 0.3 is 0 Å². The number of hydrogen-bond acceptors (Lipinski definition) is 7. The average molecular weight is 452 g/mol. The molecule has 0 bridgehead atoms. The smallest absolute Gasteiger partial charge is 0.267 e. The van der Waals surface area contributed by atoms with Crippen molar-refractivity contribution in [2.45, 2.75) is 53.0 Å². The summed E-state index contributed by atoms with van der Waals surface area (Å²) in [5.74, 6) is -0.496. The number of hydrogen-bond donors (Lipinski definition) is 2. The molecule has 0 spiro atoms. The number of anilines is 1. The first-order valence-corrected chi connectivity index (χ1v) is 11.4. The molecule has 0 aromatic carbocycles. The quantitative estimate of drug-likeness (QED) is 0.330. The third-order valence-corrected chi connectivity index (χ3v) is 6.11. The van der Waals surface area contributed by atoms with E-state index in [1.807, 2.05) is 13.0 Å². The van der Waals surface area contributed by atoms with Crippen LogP contribution in [0.1, 0.15) is 53.5 Å². The Balaban J connectivity index is 1.90. The summed E-state index contributed by atoms with van der Waals surface area (Å²) in [7, 11) is 0. The second-order valence-electron chi connectivity index (χ2n) is 7.74. The van der Waals surface area contributed by atoms with Gasteiger partial charge in [0, 0.05) is 12.7 Å². The molecule has 0 atom stereocenters. The molecule has 4 heterocycles. The largest absolute Gasteiger partial charge is 0.310 e. The fourth-order valence-electron chi connectivity index (χ4n) is 3.70. The van der Waals surface area contributed by atoms with E-state index < -0.39 is 5.91 Å². The number of amides is 1. The number of fused-ring (bicyclic) bond motifs is 2. The SMILES string of the molecule is CCCCCCn1c(=N)c(C(=O)Nc2nnc(C)s2)cc2c(=O)n3cccc(C)c3nc21. The molecule has 166 valence electrons. The van der Waals surface area contributed by atoms with Crippen LogP contribution in [0.15, 0.2) is 29.2 Å². The molecule has 0 aliphatic carbocycles. The van der Waals surface area contributed by atoms with Gasteiger partial charge in [0.15, 0.2) is 0 Å². The van der Waals surface area contributed by atoms with Crippen molar-refractivity contribution in [2.24, 2.45) is 0 Å². The first-order chi connectivity index (χ1) is 15.4. The van der Waals surface area contributed by atoms with Crippen molar-refractivity contribution in [3.63, 3.8) is 0 Å². The van der Waals surface area contributed by atoms with E-state index in [1.165, 1.54) is 21.8 Å². The lowest BCUT2D eigenvalue weighted by Gasteiger charge is -2.15. The minimum Gasteiger partial charge on any atom is -0.310 e. The van der Waals surface area contributed by atoms with Gasteiger partial charge in [-0.2, -0.15) is 0 Å². The average Bonchev–Trinajstić information content (AvgIpc) is 3.17. The number of rotatable bonds is 7. The van der Waals surface area contributed by atoms with Crippen LogP contribution in [-0.4, -0.2) is 30.1 Å². The highest BCUT2D eigenvalue weighted by Crippen LogP contribution is 2.17. The van der Waals surface area contributed by atoms with Crippen molar-refractivity contribution in [1.29, 1.82) is 5.41 Å². The molecule has 0 aliphatic heterocycles. The van der Waals surface area contributed by atoms with Crippen molar-refractivity contribution in [3.8, 4) is 0 Å². The lowest BCUT2D eigenvalue weighted by Crippen LogP contribution is -2.32. The molecule has 0 radical (unpaired) electrons. The molecular weight excluding hydrogens is 426 g/mol. The van der Waals surface area contributed by atoms with E-state index in [0.29, 0.717) is 28.4 Å². The molecule has 4 aromatic heterocycles. The van der Waals surface area contributed by atoms with Gasteiger partial charge in [-0.05, 0) is 38.0 Å². The van der Waals surface area contributed by atoms with Crippen LogP contribution in [0.4, 0.5) is 5.13 Å². The van der Waals surface area contributed by atoms with Gasteiger partial charge in [-0.25, -0.2) is 4.98 Å². The number of nitrogens with zero attached hydrogens (tertiary/aromatic N) is 5. The van der Waals surface area contributed by atoms with Crippen LogP contribution in [0.5, 0.6) is 0 Å². The molecule has 2 N–H and O–H groups in total. The van der Waals surface area contributed by atoms with Gasteiger partial charge in [0.25, 0.3) is 11.5 Å². The predicted octanol–water partition coefficient (Wildman–Crippen LogP) is 3.43. The van der Waals surface area contributed by atoms with Crippen LogP contribution in [0.2, 0.25) is 0 Å². The highest BCUT2D eigenvalue weighted by Gasteiger charge is 2.19. The number of pyridine rings is 2. The first-order valence-electron chi connectivity index (χ1n) is 10.6. The zero-order valence-electron chi connectivity index (χ0n) is 18.3. The maximum Gasteiger partial charge on any atom is 0.267 e. The summed E-state index contributed by atoms with van der Waals surface area (Å²) in [5.41, 5.74) is 1.70. The summed E-state index contributed by atoms with van der Waals surface area (Å²) in [6.07, 6.45) is 5.67. The van der Waals surface area contributed by atoms with Crippen LogP contribution >= 0.6 is 11.3 Å². The van der Waals surface area contributed by atoms with E-state index in [0.717, 1.165) is 36.3 Å². The van der Waals surface area contributed by atoms with Gasteiger partial charge in [0.05, 0.1) is 10.9 Å². The normalized spacial score (nSPS) is 11.3. The summed E-state index contributed by atoms with van der Waals surface area (Å²) in [5, 5.41) is 20.7. The summed E-state index contributed by atoms with van der Waals surface area (Å²) in [4.78, 5) is 31.1. The minimum absolute atomic E-state index is 0.0255. The van der Waals surface area contributed by atoms with Crippen molar-refractivity contribution >= 4 is 39.1 Å². The highest BCUT2D eigenvalue weighted by atomic mass is 32.1. The van der Waals surface area contributed by atoms with Crippen molar-refractivity contribution in [2.75, 3.05) is 5.32 Å². The number of carbonyl (C=O) groups is 1. The third-order valence-electron chi connectivity index (χ3n) is 5.36. The summed E-state index contributed by atoms with van der Waals surface area (Å²) in [6.45, 7) is 6.33. The topological polar surface area (TPSA) is 118 Å². The van der Waals surface area contributed by atoms with Crippen LogP contribution in [-0.2, 0) is 6.54 Å². The zero-order valence-corrected chi connectivity index (χ0v) is 19.1. The molecule has 0 aliphatic rings. The van der Waals surface area contributed by atoms with E-state index in [9.17, 15) is 9.59 Å². The van der Waals surface area contributed by atoms with Gasteiger partial charge in [0.2, 0.25) is 5.13 Å². The monoisotopic (exact) mass is 451 g/mol. The van der Waals surface area contributed by atoms with E-state index in [-0.39, 0.29) is 16.6 Å². The molecule has 0 fully saturated rings. The maximum atomic E-state index is 13.3. The van der Waals surface area contributed by atoms with Crippen LogP contribution in [0.3, 0.4) is 0 Å². The molecule has 0 saturated carbocycles. The van der Waals surface area contributed by atoms with Gasteiger partial charge in [-0.1, -0.05) is 43.6 Å². The zero-order chi connectivity index (χ0) is 22.8. The Morgan fingerprint density at radius 3 is 2.72 bits per heavy atom. The first kappa shape index (κ1) is 21.8. The Bertz CT molecular complexity index is 1430. The summed E-state index contributed by atoms with van der Waals surface area (Å²) < 4.78 is 3.16. The minimum atomic E-state index is -0.496. The fourth-order valence-corrected chi connectivity index (χ4v) is 4.28. The molecule has 0 saturated heterocycles. The number of unbranched alkanes of at least 4 members (excludes halogenated alkanes) is 3. The van der Waals surface area contributed by atoms with Gasteiger partial charge in [0.1, 0.15) is 21.8 Å². The van der Waals surface area contributed by atoms with E-state index in [1.54, 1.807) is 23.8 Å². The van der Waals surface area contributed by atoms with Crippen LogP contribution in [0.25, 0.3) is 16.7 Å². The Morgan fingerprint density at radius 2 is 2.00 bits per heavy atom. The second kappa shape index (κ2) is 8.99. The van der Waals surface area contributed by atoms with Crippen LogP contribution < -0.4 is 16.4 Å². The Morgan fingerprint density at radius 1 is 1.19 bits per heavy atom. The van der Waals surface area contributed by atoms with Gasteiger partial charge in [-0.3, -0.25) is 24.7 Å². The molecule has 10 heteroatoms. The Hall–Kier alpha value is -3.40.